The molecular formula is C14H19BrN2OS. The van der Waals surface area contributed by atoms with E-state index in [-0.39, 0.29) is 5.91 Å². The molecule has 1 aliphatic heterocycles. The molecule has 0 aromatic heterocycles. The maximum absolute atomic E-state index is 12.1. The Hall–Kier alpha value is -0.520. The van der Waals surface area contributed by atoms with Gasteiger partial charge in [-0.3, -0.25) is 4.79 Å². The molecule has 0 unspecified atom stereocenters. The summed E-state index contributed by atoms with van der Waals surface area (Å²) < 4.78 is 0.811. The van der Waals surface area contributed by atoms with E-state index in [1.807, 2.05) is 12.1 Å². The van der Waals surface area contributed by atoms with Crippen LogP contribution in [-0.2, 0) is 0 Å². The monoisotopic (exact) mass is 342 g/mol. The third-order valence-electron chi connectivity index (χ3n) is 3.58. The van der Waals surface area contributed by atoms with E-state index < -0.39 is 0 Å². The number of hydrogen-bond acceptors (Lipinski definition) is 3. The zero-order chi connectivity index (χ0) is 13.8. The highest BCUT2D eigenvalue weighted by Crippen LogP contribution is 2.20. The number of likely N-dealkylation sites (tertiary alicyclic amines) is 1. The van der Waals surface area contributed by atoms with Gasteiger partial charge in [0.05, 0.1) is 5.56 Å². The first-order chi connectivity index (χ1) is 9.06. The molecule has 1 amide bonds. The van der Waals surface area contributed by atoms with Gasteiger partial charge in [-0.15, -0.1) is 12.6 Å². The normalized spacial score (nSPS) is 17.4. The van der Waals surface area contributed by atoms with Crippen LogP contribution in [0.2, 0.25) is 0 Å². The van der Waals surface area contributed by atoms with Gasteiger partial charge in [0.25, 0.3) is 5.91 Å². The number of carbonyl (C=O) groups is 1. The van der Waals surface area contributed by atoms with Gasteiger partial charge in [-0.05, 0) is 73.0 Å². The molecule has 0 atom stereocenters. The van der Waals surface area contributed by atoms with Crippen molar-refractivity contribution in [2.75, 3.05) is 26.7 Å². The molecule has 1 aliphatic rings. The van der Waals surface area contributed by atoms with Gasteiger partial charge in [0, 0.05) is 15.9 Å². The molecule has 19 heavy (non-hydrogen) atoms. The van der Waals surface area contributed by atoms with Crippen molar-refractivity contribution in [1.29, 1.82) is 0 Å². The molecule has 0 aliphatic carbocycles. The fraction of sp³-hybridized carbons (Fsp3) is 0.500. The predicted octanol–water partition coefficient (Wildman–Crippen LogP) is 2.81. The maximum Gasteiger partial charge on any atom is 0.252 e. The summed E-state index contributed by atoms with van der Waals surface area (Å²) in [5.74, 6) is 0.569. The first-order valence-corrected chi connectivity index (χ1v) is 7.75. The van der Waals surface area contributed by atoms with E-state index >= 15 is 0 Å². The van der Waals surface area contributed by atoms with Crippen LogP contribution in [0, 0.1) is 5.92 Å². The van der Waals surface area contributed by atoms with Crippen LogP contribution in [0.1, 0.15) is 23.2 Å². The average Bonchev–Trinajstić information content (AvgIpc) is 2.40. The third-order valence-corrected chi connectivity index (χ3v) is 4.55. The molecule has 1 fully saturated rings. The Kier molecular flexibility index (Phi) is 5.30. The highest BCUT2D eigenvalue weighted by molar-refractivity contribution is 9.10. The van der Waals surface area contributed by atoms with Crippen molar-refractivity contribution in [3.05, 3.63) is 28.2 Å². The highest BCUT2D eigenvalue weighted by atomic mass is 79.9. The Morgan fingerprint density at radius 2 is 2.16 bits per heavy atom. The number of benzene rings is 1. The lowest BCUT2D eigenvalue weighted by Gasteiger charge is -2.28. The summed E-state index contributed by atoms with van der Waals surface area (Å²) in [6.07, 6.45) is 2.31. The van der Waals surface area contributed by atoms with Gasteiger partial charge >= 0.3 is 0 Å². The van der Waals surface area contributed by atoms with Crippen LogP contribution in [0.15, 0.2) is 27.6 Å². The van der Waals surface area contributed by atoms with E-state index in [1.54, 1.807) is 6.07 Å². The lowest BCUT2D eigenvalue weighted by atomic mass is 9.97. The summed E-state index contributed by atoms with van der Waals surface area (Å²) >= 11 is 7.67. The Morgan fingerprint density at radius 1 is 1.47 bits per heavy atom. The minimum atomic E-state index is -0.0262. The fourth-order valence-corrected chi connectivity index (χ4v) is 2.92. The number of nitrogens with zero attached hydrogens (tertiary/aromatic N) is 1. The number of piperidine rings is 1. The van der Waals surface area contributed by atoms with E-state index in [2.05, 4.69) is 45.8 Å². The number of amides is 1. The summed E-state index contributed by atoms with van der Waals surface area (Å²) in [4.78, 5) is 15.3. The van der Waals surface area contributed by atoms with Crippen LogP contribution in [0.25, 0.3) is 0 Å². The molecular weight excluding hydrogens is 324 g/mol. The first-order valence-electron chi connectivity index (χ1n) is 6.51. The third kappa shape index (κ3) is 4.23. The minimum Gasteiger partial charge on any atom is -0.352 e. The van der Waals surface area contributed by atoms with Gasteiger partial charge in [0.15, 0.2) is 0 Å². The van der Waals surface area contributed by atoms with Crippen molar-refractivity contribution in [3.63, 3.8) is 0 Å². The van der Waals surface area contributed by atoms with Crippen molar-refractivity contribution in [1.82, 2.24) is 10.2 Å². The number of nitrogens with one attached hydrogen (secondary N) is 1. The summed E-state index contributed by atoms with van der Waals surface area (Å²) in [6, 6.07) is 5.50. The predicted molar refractivity (Wildman–Crippen MR) is 83.9 cm³/mol. The molecule has 104 valence electrons. The summed E-state index contributed by atoms with van der Waals surface area (Å²) in [7, 11) is 2.14. The van der Waals surface area contributed by atoms with Gasteiger partial charge in [-0.2, -0.15) is 0 Å². The molecule has 1 heterocycles. The maximum atomic E-state index is 12.1. The molecule has 5 heteroatoms. The Bertz CT molecular complexity index is 459. The zero-order valence-electron chi connectivity index (χ0n) is 11.0. The SMILES string of the molecule is CN1CCC(CNC(=O)c2cc(S)ccc2Br)CC1. The number of thiol groups is 1. The topological polar surface area (TPSA) is 32.3 Å². The van der Waals surface area contributed by atoms with Gasteiger partial charge < -0.3 is 10.2 Å². The second-order valence-corrected chi connectivity index (χ2v) is 6.49. The van der Waals surface area contributed by atoms with Crippen LogP contribution in [0.3, 0.4) is 0 Å². The summed E-state index contributed by atoms with van der Waals surface area (Å²) in [5, 5.41) is 3.03. The molecule has 0 saturated carbocycles. The smallest absolute Gasteiger partial charge is 0.252 e. The first kappa shape index (κ1) is 14.9. The van der Waals surface area contributed by atoms with Crippen LogP contribution >= 0.6 is 28.6 Å². The van der Waals surface area contributed by atoms with Gasteiger partial charge in [0.1, 0.15) is 0 Å². The quantitative estimate of drug-likeness (QED) is 0.828. The van der Waals surface area contributed by atoms with Crippen LogP contribution in [0.4, 0.5) is 0 Å². The van der Waals surface area contributed by atoms with Crippen molar-refractivity contribution < 1.29 is 4.79 Å². The van der Waals surface area contributed by atoms with Crippen molar-refractivity contribution in [3.8, 4) is 0 Å². The van der Waals surface area contributed by atoms with Crippen molar-refractivity contribution >= 4 is 34.5 Å². The second kappa shape index (κ2) is 6.77. The van der Waals surface area contributed by atoms with E-state index in [9.17, 15) is 4.79 Å². The molecule has 3 nitrogen and oxygen atoms in total. The standard InChI is InChI=1S/C14H19BrN2OS/c1-17-6-4-10(5-7-17)9-16-14(18)12-8-11(19)2-3-13(12)15/h2-3,8,10,19H,4-7,9H2,1H3,(H,16,18). The summed E-state index contributed by atoms with van der Waals surface area (Å²) in [5.41, 5.74) is 0.653. The van der Waals surface area contributed by atoms with Crippen molar-refractivity contribution in [2.24, 2.45) is 5.92 Å². The van der Waals surface area contributed by atoms with Crippen molar-refractivity contribution in [2.45, 2.75) is 17.7 Å². The van der Waals surface area contributed by atoms with E-state index in [0.717, 1.165) is 41.8 Å². The summed E-state index contributed by atoms with van der Waals surface area (Å²) in [6.45, 7) is 3.00. The number of halogens is 1. The van der Waals surface area contributed by atoms with Crippen LogP contribution in [-0.4, -0.2) is 37.5 Å². The average molecular weight is 343 g/mol. The van der Waals surface area contributed by atoms with Crippen LogP contribution in [0.5, 0.6) is 0 Å². The molecule has 1 aromatic rings. The minimum absolute atomic E-state index is 0.0262. The van der Waals surface area contributed by atoms with Gasteiger partial charge in [0.2, 0.25) is 0 Å². The molecule has 1 aromatic carbocycles. The molecule has 1 saturated heterocycles. The largest absolute Gasteiger partial charge is 0.352 e. The van der Waals surface area contributed by atoms with Gasteiger partial charge in [-0.1, -0.05) is 0 Å². The molecule has 0 spiro atoms. The molecule has 1 N–H and O–H groups in total. The number of hydrogen-bond donors (Lipinski definition) is 2. The van der Waals surface area contributed by atoms with Gasteiger partial charge in [-0.25, -0.2) is 0 Å². The molecule has 2 rings (SSSR count). The van der Waals surface area contributed by atoms with E-state index in [1.165, 1.54) is 0 Å². The van der Waals surface area contributed by atoms with Crippen LogP contribution < -0.4 is 5.32 Å². The number of carbonyl (C=O) groups excluding carboxylic acids is 1. The second-order valence-electron chi connectivity index (χ2n) is 5.12. The Labute approximate surface area is 128 Å². The van der Waals surface area contributed by atoms with E-state index in [4.69, 9.17) is 0 Å². The number of rotatable bonds is 3. The molecule has 0 radical (unpaired) electrons. The fourth-order valence-electron chi connectivity index (χ4n) is 2.29. The lowest BCUT2D eigenvalue weighted by Crippen LogP contribution is -2.36. The zero-order valence-corrected chi connectivity index (χ0v) is 13.5. The highest BCUT2D eigenvalue weighted by Gasteiger charge is 2.18. The molecule has 0 bridgehead atoms. The Balaban J connectivity index is 1.89. The lowest BCUT2D eigenvalue weighted by molar-refractivity contribution is 0.0938. The van der Waals surface area contributed by atoms with E-state index in [0.29, 0.717) is 11.5 Å². The Morgan fingerprint density at radius 3 is 2.84 bits per heavy atom.